The monoisotopic (exact) mass is 1330 g/mol. The highest BCUT2D eigenvalue weighted by molar-refractivity contribution is 5.76. The molecule has 9 heterocycles. The number of anilines is 5. The number of nitrogens with zero attached hydrogens (tertiary/aromatic N) is 17. The summed E-state index contributed by atoms with van der Waals surface area (Å²) in [6, 6.07) is 12.1. The molecule has 8 aromatic heterocycles. The molecule has 10 bridgehead atoms. The van der Waals surface area contributed by atoms with Crippen molar-refractivity contribution in [3.63, 3.8) is 0 Å². The van der Waals surface area contributed by atoms with E-state index in [0.717, 1.165) is 119 Å². The zero-order valence-electron chi connectivity index (χ0n) is 55.1. The van der Waals surface area contributed by atoms with E-state index in [0.29, 0.717) is 81.5 Å². The molecule has 27 heteroatoms. The average Bonchev–Trinajstić information content (AvgIpc) is 1.50. The fourth-order valence-corrected chi connectivity index (χ4v) is 23.8. The van der Waals surface area contributed by atoms with Crippen molar-refractivity contribution in [1.29, 1.82) is 10.5 Å². The largest absolute Gasteiger partial charge is 0.373 e. The normalized spacial score (nSPS) is 35.1. The van der Waals surface area contributed by atoms with Crippen LogP contribution in [0.15, 0.2) is 93.4 Å². The Labute approximate surface area is 564 Å². The number of rotatable bonds is 15. The Balaban J connectivity index is 0.617. The van der Waals surface area contributed by atoms with Crippen molar-refractivity contribution in [2.75, 3.05) is 22.6 Å². The van der Waals surface area contributed by atoms with Crippen LogP contribution >= 0.6 is 0 Å². The van der Waals surface area contributed by atoms with Crippen molar-refractivity contribution >= 4 is 68.4 Å². The third kappa shape index (κ3) is 8.02. The van der Waals surface area contributed by atoms with Gasteiger partial charge in [0, 0.05) is 43.1 Å². The Morgan fingerprint density at radius 2 is 1.34 bits per heavy atom. The summed E-state index contributed by atoms with van der Waals surface area (Å²) in [5.74, 6) is 2.27. The molecular weight excluding hydrogens is 1260 g/mol. The fraction of sp³-hybridized carbons (Fsp3) is 0.542. The molecule has 1 aliphatic heterocycles. The van der Waals surface area contributed by atoms with Gasteiger partial charge in [0.05, 0.1) is 88.2 Å². The molecule has 9 aromatic rings. The number of aryl methyl sites for hydroxylation is 3. The van der Waals surface area contributed by atoms with Crippen LogP contribution < -0.4 is 33.0 Å². The van der Waals surface area contributed by atoms with E-state index in [1.165, 1.54) is 12.4 Å². The smallest absolute Gasteiger partial charge is 0.332 e. The summed E-state index contributed by atoms with van der Waals surface area (Å²) in [5, 5.41) is 34.3. The van der Waals surface area contributed by atoms with Gasteiger partial charge in [-0.1, -0.05) is 6.08 Å². The van der Waals surface area contributed by atoms with Crippen molar-refractivity contribution in [1.82, 2.24) is 71.9 Å². The lowest BCUT2D eigenvalue weighted by Gasteiger charge is -2.75. The third-order valence-corrected chi connectivity index (χ3v) is 27.0. The zero-order valence-corrected chi connectivity index (χ0v) is 55.1. The minimum atomic E-state index is -0.755. The van der Waals surface area contributed by atoms with Crippen LogP contribution in [0.5, 0.6) is 0 Å². The quantitative estimate of drug-likeness (QED) is 0.0860. The number of fused-ring (bicyclic) bond motifs is 6. The summed E-state index contributed by atoms with van der Waals surface area (Å²) in [4.78, 5) is 80.6. The standard InChI is InChI=1S/C72H73FN20O6/c1-36-8-38(26-74)4-5-50(36)81-62-76-28-53-59(84-62)91(65(94)87(53)3)58-47-13-42-21-71(25-48(58)72(47,71)22-42)99-35-89-55-30-77-63(82-51-14-43-6-7-97-56(43)15-49(51)73)86-61(55)93(67(89)96)69-17-40-10-41(18-69)20-70(19-40,32-69)98-34-88-54-29-78-64(83-52-31-90-57(9-37(52)2)79-33-80-90)85-60(54)92(66(88)95)68-16-39-11-44(23-68)46(27-75)45(12-39)24-68/h4-5,8-9,14-15,28-31,33,39-48,56,58H,6-7,10-13,16-25,32,34-35H2,1-3H3,(H,76,81,84)(H,77,82,86)(H,78,83,85). The highest BCUT2D eigenvalue weighted by Crippen LogP contribution is 2.87. The first-order valence-electron chi connectivity index (χ1n) is 35.4. The van der Waals surface area contributed by atoms with E-state index in [1.54, 1.807) is 49.9 Å². The molecular formula is C72H73FN20O6. The molecule has 13 fully saturated rings. The van der Waals surface area contributed by atoms with E-state index in [4.69, 9.17) is 39.1 Å². The van der Waals surface area contributed by atoms with Crippen molar-refractivity contribution in [2.45, 2.75) is 164 Å². The van der Waals surface area contributed by atoms with Gasteiger partial charge in [-0.2, -0.15) is 30.6 Å². The summed E-state index contributed by atoms with van der Waals surface area (Å²) in [6.07, 6.45) is 24.6. The van der Waals surface area contributed by atoms with Crippen molar-refractivity contribution in [3.8, 4) is 12.1 Å². The number of imidazole rings is 3. The number of ether oxygens (including phenoxy) is 3. The van der Waals surface area contributed by atoms with Crippen molar-refractivity contribution in [3.05, 3.63) is 127 Å². The molecule has 12 atom stereocenters. The molecule has 26 nitrogen and oxygen atoms in total. The number of halogens is 1. The van der Waals surface area contributed by atoms with E-state index in [9.17, 15) is 15.3 Å². The van der Waals surface area contributed by atoms with Gasteiger partial charge in [-0.15, -0.1) is 0 Å². The lowest BCUT2D eigenvalue weighted by molar-refractivity contribution is -0.336. The minimum absolute atomic E-state index is 0.000138. The van der Waals surface area contributed by atoms with Gasteiger partial charge in [0.15, 0.2) is 22.6 Å². The Bertz CT molecular complexity index is 5380. The Morgan fingerprint density at radius 1 is 0.677 bits per heavy atom. The second-order valence-electron chi connectivity index (χ2n) is 32.1. The molecule has 0 amide bonds. The van der Waals surface area contributed by atoms with Gasteiger partial charge in [-0.05, 0) is 199 Å². The molecule has 1 aromatic carbocycles. The molecule has 13 aliphatic carbocycles. The van der Waals surface area contributed by atoms with Crippen molar-refractivity contribution in [2.24, 2.45) is 71.6 Å². The molecule has 99 heavy (non-hydrogen) atoms. The number of hydrogen-bond acceptors (Lipinski definition) is 19. The maximum absolute atomic E-state index is 16.2. The highest BCUT2D eigenvalue weighted by atomic mass is 19.1. The van der Waals surface area contributed by atoms with Crippen LogP contribution in [0.1, 0.15) is 125 Å². The van der Waals surface area contributed by atoms with Gasteiger partial charge in [0.25, 0.3) is 0 Å². The highest BCUT2D eigenvalue weighted by Gasteiger charge is 2.85. The topological polar surface area (TPSA) is 300 Å². The van der Waals surface area contributed by atoms with E-state index < -0.39 is 28.1 Å². The average molecular weight is 1330 g/mol. The van der Waals surface area contributed by atoms with E-state index in [1.807, 2.05) is 58.0 Å². The molecule has 14 aliphatic rings. The van der Waals surface area contributed by atoms with Crippen LogP contribution in [-0.2, 0) is 45.8 Å². The van der Waals surface area contributed by atoms with Gasteiger partial charge in [0.2, 0.25) is 17.8 Å². The number of nitriles is 2. The van der Waals surface area contributed by atoms with Crippen LogP contribution in [0, 0.1) is 101 Å². The predicted molar refractivity (Wildman–Crippen MR) is 357 cm³/mol. The lowest BCUT2D eigenvalue weighted by Crippen LogP contribution is -2.76. The lowest BCUT2D eigenvalue weighted by atomic mass is 9.34. The number of aromatic nitrogens is 15. The first-order chi connectivity index (χ1) is 48.0. The van der Waals surface area contributed by atoms with E-state index >= 15 is 14.0 Å². The molecule has 3 N–H and O–H groups in total. The Morgan fingerprint density at radius 3 is 2.07 bits per heavy atom. The minimum Gasteiger partial charge on any atom is -0.373 e. The molecule has 12 saturated carbocycles. The molecule has 504 valence electrons. The van der Waals surface area contributed by atoms with Crippen LogP contribution in [0.3, 0.4) is 0 Å². The number of hydrogen-bond donors (Lipinski definition) is 3. The number of pyridine rings is 1. The van der Waals surface area contributed by atoms with Gasteiger partial charge in [-0.3, -0.25) is 27.4 Å². The Kier molecular flexibility index (Phi) is 11.9. The van der Waals surface area contributed by atoms with Gasteiger partial charge in [0.1, 0.15) is 42.2 Å². The summed E-state index contributed by atoms with van der Waals surface area (Å²) in [7, 11) is 1.77. The van der Waals surface area contributed by atoms with E-state index in [2.05, 4.69) is 43.2 Å². The first kappa shape index (κ1) is 58.5. The van der Waals surface area contributed by atoms with Gasteiger partial charge in [-0.25, -0.2) is 43.2 Å². The fourth-order valence-electron chi connectivity index (χ4n) is 23.8. The zero-order chi connectivity index (χ0) is 66.5. The summed E-state index contributed by atoms with van der Waals surface area (Å²) >= 11 is 0. The van der Waals surface area contributed by atoms with Crippen LogP contribution in [0.25, 0.3) is 39.1 Å². The first-order valence-corrected chi connectivity index (χ1v) is 35.4. The Hall–Kier alpha value is -9.44. The van der Waals surface area contributed by atoms with Crippen LogP contribution in [-0.4, -0.2) is 95.8 Å². The second-order valence-corrected chi connectivity index (χ2v) is 32.1. The number of nitrogens with one attached hydrogen (secondary N) is 3. The van der Waals surface area contributed by atoms with Gasteiger partial charge >= 0.3 is 17.1 Å². The van der Waals surface area contributed by atoms with Gasteiger partial charge < -0.3 is 30.2 Å². The number of allylic oxidation sites excluding steroid dienone is 1. The third-order valence-electron chi connectivity index (χ3n) is 27.0. The molecule has 23 rings (SSSR count). The molecule has 0 radical (unpaired) electrons. The van der Waals surface area contributed by atoms with E-state index in [-0.39, 0.29) is 107 Å². The van der Waals surface area contributed by atoms with Crippen molar-refractivity contribution < 1.29 is 18.6 Å². The maximum Gasteiger partial charge on any atom is 0.332 e. The summed E-state index contributed by atoms with van der Waals surface area (Å²) in [5.41, 5.74) is 4.80. The molecule has 12 unspecified atom stereocenters. The SMILES string of the molecule is Cc1cc(C#N)ccc1Nc1ncc2c(n1)n(C1C3CC4CC5(OCn6c(=O)n(C78CC9CC(CC(OCn%10c(=O)n(C%11%12CC%13CC(C%11)C(C#N)C(C%13)C%12)c%11nc(Nc%12cn%13ncnc%13cc%12C)ncc%11%10)(C9)C7)C8)c7nc(NC8=CC9CCOC9C=C8F)ncc76)CC1C35C4)c(=O)n2C. The number of benzene rings is 1. The summed E-state index contributed by atoms with van der Waals surface area (Å²) in [6.45, 7) is 4.36. The van der Waals surface area contributed by atoms with Crippen LogP contribution in [0.4, 0.5) is 33.6 Å². The maximum atomic E-state index is 16.2. The summed E-state index contributed by atoms with van der Waals surface area (Å²) < 4.78 is 49.2. The predicted octanol–water partition coefficient (Wildman–Crippen LogP) is 9.33. The van der Waals surface area contributed by atoms with Crippen LogP contribution in [0.2, 0.25) is 0 Å². The molecule has 1 saturated heterocycles. The molecule has 1 spiro atoms. The second kappa shape index (κ2) is 20.2.